The van der Waals surface area contributed by atoms with Crippen LogP contribution >= 0.6 is 27.5 Å². The fourth-order valence-corrected chi connectivity index (χ4v) is 2.46. The first-order chi connectivity index (χ1) is 9.61. The van der Waals surface area contributed by atoms with Crippen LogP contribution in [-0.4, -0.2) is 9.78 Å². The lowest BCUT2D eigenvalue weighted by Gasteiger charge is -2.10. The Balaban J connectivity index is 2.14. The molecule has 0 bridgehead atoms. The Labute approximate surface area is 130 Å². The second-order valence-electron chi connectivity index (χ2n) is 4.38. The van der Waals surface area contributed by atoms with E-state index in [4.69, 9.17) is 11.6 Å². The molecule has 1 heterocycles. The fourth-order valence-electron chi connectivity index (χ4n) is 1.80. The summed E-state index contributed by atoms with van der Waals surface area (Å²) in [6, 6.07) is 7.58. The first-order valence-electron chi connectivity index (χ1n) is 6.35. The molecule has 0 aliphatic heterocycles. The first kappa shape index (κ1) is 15.1. The summed E-state index contributed by atoms with van der Waals surface area (Å²) in [5, 5.41) is 8.02. The lowest BCUT2D eigenvalue weighted by Crippen LogP contribution is -2.24. The quantitative estimate of drug-likeness (QED) is 0.889. The molecule has 1 N–H and O–H groups in total. The fraction of sp³-hybridized carbons (Fsp3) is 0.286. The van der Waals surface area contributed by atoms with Gasteiger partial charge in [0.1, 0.15) is 4.47 Å². The van der Waals surface area contributed by atoms with E-state index in [1.54, 1.807) is 6.20 Å². The molecule has 4 nitrogen and oxygen atoms in total. The second kappa shape index (κ2) is 6.90. The van der Waals surface area contributed by atoms with Crippen molar-refractivity contribution in [3.8, 4) is 0 Å². The molecule has 0 aliphatic rings. The van der Waals surface area contributed by atoms with Crippen LogP contribution in [0, 0.1) is 0 Å². The normalized spacial score (nSPS) is 10.6. The summed E-state index contributed by atoms with van der Waals surface area (Å²) < 4.78 is 1.96. The average Bonchev–Trinajstić information content (AvgIpc) is 2.43. The molecule has 0 spiro atoms. The summed E-state index contributed by atoms with van der Waals surface area (Å²) >= 11 is 9.26. The van der Waals surface area contributed by atoms with Gasteiger partial charge in [0.15, 0.2) is 0 Å². The van der Waals surface area contributed by atoms with Crippen LogP contribution in [0.15, 0.2) is 39.7 Å². The van der Waals surface area contributed by atoms with Gasteiger partial charge in [-0.1, -0.05) is 30.7 Å². The number of benzene rings is 1. The Morgan fingerprint density at radius 3 is 2.95 bits per heavy atom. The van der Waals surface area contributed by atoms with Gasteiger partial charge in [-0.3, -0.25) is 4.79 Å². The van der Waals surface area contributed by atoms with E-state index < -0.39 is 0 Å². The maximum atomic E-state index is 12.0. The summed E-state index contributed by atoms with van der Waals surface area (Å²) in [7, 11) is 0. The number of anilines is 1. The van der Waals surface area contributed by atoms with Gasteiger partial charge >= 0.3 is 0 Å². The molecule has 0 fully saturated rings. The molecule has 2 rings (SSSR count). The monoisotopic (exact) mass is 355 g/mol. The Morgan fingerprint density at radius 2 is 2.25 bits per heavy atom. The number of rotatable bonds is 5. The number of aromatic nitrogens is 2. The number of nitrogens with zero attached hydrogens (tertiary/aromatic N) is 2. The highest BCUT2D eigenvalue weighted by Crippen LogP contribution is 2.18. The van der Waals surface area contributed by atoms with E-state index >= 15 is 0 Å². The molecule has 1 aromatic carbocycles. The second-order valence-corrected chi connectivity index (χ2v) is 5.61. The molecule has 0 unspecified atom stereocenters. The van der Waals surface area contributed by atoms with Gasteiger partial charge in [-0.05, 0) is 40.0 Å². The number of hydrogen-bond acceptors (Lipinski definition) is 3. The van der Waals surface area contributed by atoms with Crippen LogP contribution in [0.4, 0.5) is 5.69 Å². The summed E-state index contributed by atoms with van der Waals surface area (Å²) in [5.41, 5.74) is 1.60. The van der Waals surface area contributed by atoms with Gasteiger partial charge in [0.05, 0.1) is 11.9 Å². The van der Waals surface area contributed by atoms with Crippen molar-refractivity contribution in [3.63, 3.8) is 0 Å². The highest BCUT2D eigenvalue weighted by molar-refractivity contribution is 9.10. The molecule has 0 amide bonds. The van der Waals surface area contributed by atoms with Crippen molar-refractivity contribution in [2.45, 2.75) is 26.4 Å². The molecule has 106 valence electrons. The van der Waals surface area contributed by atoms with Crippen LogP contribution in [0.2, 0.25) is 5.02 Å². The lowest BCUT2D eigenvalue weighted by atomic mass is 10.2. The molecule has 6 heteroatoms. The zero-order valence-electron chi connectivity index (χ0n) is 11.1. The van der Waals surface area contributed by atoms with Crippen molar-refractivity contribution in [3.05, 3.63) is 55.9 Å². The maximum Gasteiger partial charge on any atom is 0.283 e. The molecule has 0 saturated carbocycles. The van der Waals surface area contributed by atoms with Gasteiger partial charge in [-0.2, -0.15) is 5.10 Å². The van der Waals surface area contributed by atoms with E-state index in [0.717, 1.165) is 12.0 Å². The molecule has 0 radical (unpaired) electrons. The predicted molar refractivity (Wildman–Crippen MR) is 85.3 cm³/mol. The molecular formula is C14H15BrClN3O. The Hall–Kier alpha value is -1.33. The first-order valence-corrected chi connectivity index (χ1v) is 7.53. The SMILES string of the molecule is CCCn1ncc(NCc2cccc(Cl)c2)c(Br)c1=O. The van der Waals surface area contributed by atoms with Crippen molar-refractivity contribution in [2.75, 3.05) is 5.32 Å². The molecule has 0 saturated heterocycles. The Morgan fingerprint density at radius 1 is 1.45 bits per heavy atom. The zero-order chi connectivity index (χ0) is 14.5. The van der Waals surface area contributed by atoms with Crippen molar-refractivity contribution < 1.29 is 0 Å². The number of halogens is 2. The van der Waals surface area contributed by atoms with Crippen LogP contribution in [0.5, 0.6) is 0 Å². The summed E-state index contributed by atoms with van der Waals surface area (Å²) in [4.78, 5) is 12.0. The summed E-state index contributed by atoms with van der Waals surface area (Å²) in [5.74, 6) is 0. The van der Waals surface area contributed by atoms with Gasteiger partial charge in [0, 0.05) is 18.1 Å². The van der Waals surface area contributed by atoms with Gasteiger partial charge < -0.3 is 5.32 Å². The Kier molecular flexibility index (Phi) is 5.20. The van der Waals surface area contributed by atoms with E-state index in [1.807, 2.05) is 31.2 Å². The molecular weight excluding hydrogens is 342 g/mol. The molecule has 1 aromatic heterocycles. The Bertz CT molecular complexity index is 657. The van der Waals surface area contributed by atoms with E-state index in [9.17, 15) is 4.79 Å². The minimum Gasteiger partial charge on any atom is -0.379 e. The third kappa shape index (κ3) is 3.61. The number of nitrogens with one attached hydrogen (secondary N) is 1. The van der Waals surface area contributed by atoms with Crippen molar-refractivity contribution >= 4 is 33.2 Å². The van der Waals surface area contributed by atoms with Crippen molar-refractivity contribution in [1.82, 2.24) is 9.78 Å². The molecule has 0 atom stereocenters. The largest absolute Gasteiger partial charge is 0.379 e. The topological polar surface area (TPSA) is 46.9 Å². The summed E-state index contributed by atoms with van der Waals surface area (Å²) in [6.07, 6.45) is 2.53. The van der Waals surface area contributed by atoms with Crippen LogP contribution in [0.1, 0.15) is 18.9 Å². The van der Waals surface area contributed by atoms with E-state index in [2.05, 4.69) is 26.3 Å². The van der Waals surface area contributed by atoms with E-state index in [0.29, 0.717) is 28.3 Å². The molecule has 2 aromatic rings. The van der Waals surface area contributed by atoms with E-state index in [-0.39, 0.29) is 5.56 Å². The van der Waals surface area contributed by atoms with Crippen molar-refractivity contribution in [2.24, 2.45) is 0 Å². The van der Waals surface area contributed by atoms with Crippen LogP contribution in [-0.2, 0) is 13.1 Å². The third-order valence-corrected chi connectivity index (χ3v) is 3.79. The predicted octanol–water partition coefficient (Wildman–Crippen LogP) is 3.68. The standard InChI is InChI=1S/C14H15BrClN3O/c1-2-6-19-14(20)13(15)12(9-18-19)17-8-10-4-3-5-11(16)7-10/h3-5,7,9,17H,2,6,8H2,1H3. The molecule has 20 heavy (non-hydrogen) atoms. The average molecular weight is 357 g/mol. The highest BCUT2D eigenvalue weighted by atomic mass is 79.9. The minimum absolute atomic E-state index is 0.122. The van der Waals surface area contributed by atoms with Crippen LogP contribution in [0.3, 0.4) is 0 Å². The maximum absolute atomic E-state index is 12.0. The van der Waals surface area contributed by atoms with Crippen LogP contribution in [0.25, 0.3) is 0 Å². The number of aryl methyl sites for hydroxylation is 1. The van der Waals surface area contributed by atoms with Gasteiger partial charge in [-0.25, -0.2) is 4.68 Å². The van der Waals surface area contributed by atoms with Gasteiger partial charge in [0.25, 0.3) is 5.56 Å². The smallest absolute Gasteiger partial charge is 0.283 e. The zero-order valence-corrected chi connectivity index (χ0v) is 13.4. The summed E-state index contributed by atoms with van der Waals surface area (Å²) in [6.45, 7) is 3.21. The molecule has 0 aliphatic carbocycles. The van der Waals surface area contributed by atoms with Crippen molar-refractivity contribution in [1.29, 1.82) is 0 Å². The highest BCUT2D eigenvalue weighted by Gasteiger charge is 2.08. The van der Waals surface area contributed by atoms with Gasteiger partial charge in [-0.15, -0.1) is 0 Å². The van der Waals surface area contributed by atoms with E-state index in [1.165, 1.54) is 4.68 Å². The van der Waals surface area contributed by atoms with Gasteiger partial charge in [0.2, 0.25) is 0 Å². The number of hydrogen-bond donors (Lipinski definition) is 1. The lowest BCUT2D eigenvalue weighted by molar-refractivity contribution is 0.566. The third-order valence-electron chi connectivity index (χ3n) is 2.79. The minimum atomic E-state index is -0.122. The van der Waals surface area contributed by atoms with Crippen LogP contribution < -0.4 is 10.9 Å².